The molecule has 2 heterocycles. The van der Waals surface area contributed by atoms with Crippen molar-refractivity contribution in [2.45, 2.75) is 36.5 Å². The van der Waals surface area contributed by atoms with Crippen molar-refractivity contribution in [3.63, 3.8) is 0 Å². The molecular weight excluding hydrogens is 388 g/mol. The molecule has 2 saturated heterocycles. The van der Waals surface area contributed by atoms with Crippen LogP contribution in [-0.2, 0) is 14.6 Å². The predicted molar refractivity (Wildman–Crippen MR) is 117 cm³/mol. The molecule has 1 aromatic rings. The monoisotopic (exact) mass is 422 g/mol. The zero-order chi connectivity index (χ0) is 20.7. The van der Waals surface area contributed by atoms with E-state index >= 15 is 0 Å². The lowest BCUT2D eigenvalue weighted by molar-refractivity contribution is 0.0756. The Hall–Kier alpha value is -1.64. The van der Waals surface area contributed by atoms with Crippen LogP contribution >= 0.6 is 0 Å². The van der Waals surface area contributed by atoms with Gasteiger partial charge in [-0.3, -0.25) is 9.89 Å². The van der Waals surface area contributed by atoms with E-state index in [-0.39, 0.29) is 6.04 Å². The Balaban J connectivity index is 1.64. The van der Waals surface area contributed by atoms with Gasteiger partial charge in [-0.05, 0) is 44.3 Å². The second kappa shape index (κ2) is 9.91. The molecule has 29 heavy (non-hydrogen) atoms. The third-order valence-corrected chi connectivity index (χ3v) is 8.35. The van der Waals surface area contributed by atoms with Crippen molar-refractivity contribution >= 4 is 15.8 Å². The van der Waals surface area contributed by atoms with Gasteiger partial charge in [0.25, 0.3) is 0 Å². The van der Waals surface area contributed by atoms with Crippen LogP contribution in [0.15, 0.2) is 35.3 Å². The Kier molecular flexibility index (Phi) is 7.54. The number of likely N-dealkylation sites (tertiary alicyclic amines) is 1. The van der Waals surface area contributed by atoms with Crippen LogP contribution in [0.3, 0.4) is 0 Å². The van der Waals surface area contributed by atoms with Crippen LogP contribution in [0.4, 0.5) is 0 Å². The van der Waals surface area contributed by atoms with Crippen LogP contribution in [-0.4, -0.2) is 76.7 Å². The summed E-state index contributed by atoms with van der Waals surface area (Å²) in [6, 6.07) is 10.8. The van der Waals surface area contributed by atoms with Gasteiger partial charge in [-0.25, -0.2) is 8.42 Å². The Labute approximate surface area is 174 Å². The number of guanidine groups is 1. The molecule has 0 radical (unpaired) electrons. The molecule has 0 saturated carbocycles. The van der Waals surface area contributed by atoms with Crippen LogP contribution in [0.2, 0.25) is 0 Å². The van der Waals surface area contributed by atoms with Gasteiger partial charge in [-0.15, -0.1) is 0 Å². The SMILES string of the molecule is CN=C(NCC(c1ccccc1)N1CCCC1)NCC1(S(C)(=O)=O)CCOCC1. The Morgan fingerprint density at radius 1 is 1.17 bits per heavy atom. The van der Waals surface area contributed by atoms with E-state index in [2.05, 4.69) is 44.8 Å². The van der Waals surface area contributed by atoms with E-state index in [4.69, 9.17) is 4.74 Å². The van der Waals surface area contributed by atoms with Gasteiger partial charge in [0.05, 0.1) is 10.8 Å². The molecule has 3 rings (SSSR count). The maximum Gasteiger partial charge on any atom is 0.191 e. The fraction of sp³-hybridized carbons (Fsp3) is 0.667. The third-order valence-electron chi connectivity index (χ3n) is 6.22. The topological polar surface area (TPSA) is 83.0 Å². The predicted octanol–water partition coefficient (Wildman–Crippen LogP) is 1.58. The standard InChI is InChI=1S/C21H34N4O3S/c1-22-20(24-17-21(29(2,26)27)10-14-28-15-11-21)23-16-19(25-12-6-7-13-25)18-8-4-3-5-9-18/h3-5,8-9,19H,6-7,10-17H2,1-2H3,(H2,22,23,24). The van der Waals surface area contributed by atoms with Gasteiger partial charge in [0.1, 0.15) is 0 Å². The quantitative estimate of drug-likeness (QED) is 0.513. The average Bonchev–Trinajstić information content (AvgIpc) is 3.25. The number of rotatable bonds is 7. The molecule has 2 fully saturated rings. The second-order valence-electron chi connectivity index (χ2n) is 8.04. The van der Waals surface area contributed by atoms with Gasteiger partial charge in [0.2, 0.25) is 0 Å². The molecule has 2 aliphatic rings. The van der Waals surface area contributed by atoms with Crippen molar-refractivity contribution in [1.29, 1.82) is 0 Å². The van der Waals surface area contributed by atoms with E-state index in [0.29, 0.717) is 38.6 Å². The highest BCUT2D eigenvalue weighted by Crippen LogP contribution is 2.28. The highest BCUT2D eigenvalue weighted by molar-refractivity contribution is 7.92. The molecule has 1 unspecified atom stereocenters. The van der Waals surface area contributed by atoms with Gasteiger partial charge in [0, 0.05) is 39.6 Å². The molecule has 8 heteroatoms. The number of sulfone groups is 1. The molecule has 7 nitrogen and oxygen atoms in total. The first-order valence-electron chi connectivity index (χ1n) is 10.5. The van der Waals surface area contributed by atoms with E-state index < -0.39 is 14.6 Å². The maximum atomic E-state index is 12.5. The van der Waals surface area contributed by atoms with Crippen molar-refractivity contribution in [3.8, 4) is 0 Å². The number of nitrogens with one attached hydrogen (secondary N) is 2. The van der Waals surface area contributed by atoms with Crippen molar-refractivity contribution in [3.05, 3.63) is 35.9 Å². The maximum absolute atomic E-state index is 12.5. The minimum absolute atomic E-state index is 0.268. The summed E-state index contributed by atoms with van der Waals surface area (Å²) in [5, 5.41) is 6.69. The summed E-state index contributed by atoms with van der Waals surface area (Å²) in [4.78, 5) is 6.83. The molecule has 0 amide bonds. The Morgan fingerprint density at radius 3 is 2.41 bits per heavy atom. The van der Waals surface area contributed by atoms with Crippen LogP contribution in [0.5, 0.6) is 0 Å². The van der Waals surface area contributed by atoms with Gasteiger partial charge in [0.15, 0.2) is 15.8 Å². The first-order valence-corrected chi connectivity index (χ1v) is 12.4. The summed E-state index contributed by atoms with van der Waals surface area (Å²) in [5.74, 6) is 0.639. The molecule has 0 spiro atoms. The zero-order valence-electron chi connectivity index (χ0n) is 17.6. The van der Waals surface area contributed by atoms with E-state index in [1.165, 1.54) is 24.7 Å². The molecule has 0 aromatic heterocycles. The molecule has 0 bridgehead atoms. The van der Waals surface area contributed by atoms with Gasteiger partial charge in [-0.1, -0.05) is 30.3 Å². The van der Waals surface area contributed by atoms with Crippen LogP contribution in [0, 0.1) is 0 Å². The molecule has 1 aromatic carbocycles. The summed E-state index contributed by atoms with van der Waals surface area (Å²) in [6.45, 7) is 4.22. The number of hydrogen-bond acceptors (Lipinski definition) is 5. The van der Waals surface area contributed by atoms with Crippen molar-refractivity contribution in [2.75, 3.05) is 52.7 Å². The zero-order valence-corrected chi connectivity index (χ0v) is 18.4. The second-order valence-corrected chi connectivity index (χ2v) is 10.5. The molecule has 2 aliphatic heterocycles. The lowest BCUT2D eigenvalue weighted by atomic mass is 9.99. The molecule has 1 atom stereocenters. The first-order chi connectivity index (χ1) is 14.0. The first kappa shape index (κ1) is 22.1. The minimum Gasteiger partial charge on any atom is -0.381 e. The lowest BCUT2D eigenvalue weighted by Gasteiger charge is -2.36. The Bertz CT molecular complexity index is 770. The summed E-state index contributed by atoms with van der Waals surface area (Å²) in [7, 11) is -1.49. The molecular formula is C21H34N4O3S. The van der Waals surface area contributed by atoms with Crippen molar-refractivity contribution in [1.82, 2.24) is 15.5 Å². The highest BCUT2D eigenvalue weighted by atomic mass is 32.2. The van der Waals surface area contributed by atoms with Crippen molar-refractivity contribution in [2.24, 2.45) is 4.99 Å². The smallest absolute Gasteiger partial charge is 0.191 e. The normalized spacial score (nSPS) is 21.7. The molecule has 0 aliphatic carbocycles. The summed E-state index contributed by atoms with van der Waals surface area (Å²) in [6.07, 6.45) is 4.81. The van der Waals surface area contributed by atoms with Crippen LogP contribution in [0.1, 0.15) is 37.3 Å². The van der Waals surface area contributed by atoms with E-state index in [1.54, 1.807) is 7.05 Å². The number of nitrogens with zero attached hydrogens (tertiary/aromatic N) is 2. The van der Waals surface area contributed by atoms with Crippen LogP contribution in [0.25, 0.3) is 0 Å². The number of aliphatic imine (C=N–C) groups is 1. The van der Waals surface area contributed by atoms with E-state index in [1.807, 2.05) is 6.07 Å². The average molecular weight is 423 g/mol. The third kappa shape index (κ3) is 5.49. The largest absolute Gasteiger partial charge is 0.381 e. The number of ether oxygens (including phenoxy) is 1. The Morgan fingerprint density at radius 2 is 1.83 bits per heavy atom. The van der Waals surface area contributed by atoms with Gasteiger partial charge < -0.3 is 15.4 Å². The number of benzene rings is 1. The summed E-state index contributed by atoms with van der Waals surface area (Å²) >= 11 is 0. The lowest BCUT2D eigenvalue weighted by Crippen LogP contribution is -2.54. The highest BCUT2D eigenvalue weighted by Gasteiger charge is 2.42. The van der Waals surface area contributed by atoms with Gasteiger partial charge in [-0.2, -0.15) is 0 Å². The molecule has 2 N–H and O–H groups in total. The minimum atomic E-state index is -3.21. The summed E-state index contributed by atoms with van der Waals surface area (Å²) in [5.41, 5.74) is 1.29. The number of hydrogen-bond donors (Lipinski definition) is 2. The fourth-order valence-electron chi connectivity index (χ4n) is 4.27. The fourth-order valence-corrected chi connectivity index (χ4v) is 5.51. The molecule has 162 valence electrons. The van der Waals surface area contributed by atoms with E-state index in [9.17, 15) is 8.42 Å². The van der Waals surface area contributed by atoms with Crippen molar-refractivity contribution < 1.29 is 13.2 Å². The summed E-state index contributed by atoms with van der Waals surface area (Å²) < 4.78 is 29.5. The van der Waals surface area contributed by atoms with Crippen LogP contribution < -0.4 is 10.6 Å². The van der Waals surface area contributed by atoms with Gasteiger partial charge >= 0.3 is 0 Å². The van der Waals surface area contributed by atoms with E-state index in [0.717, 1.165) is 19.6 Å².